The van der Waals surface area contributed by atoms with Gasteiger partial charge in [0.1, 0.15) is 0 Å². The van der Waals surface area contributed by atoms with Crippen LogP contribution in [0, 0.1) is 5.92 Å². The zero-order valence-electron chi connectivity index (χ0n) is 15.5. The molecule has 0 radical (unpaired) electrons. The lowest BCUT2D eigenvalue weighted by Crippen LogP contribution is -2.39. The number of carbonyl (C=O) groups excluding carboxylic acids is 2. The van der Waals surface area contributed by atoms with E-state index in [0.717, 1.165) is 30.6 Å². The van der Waals surface area contributed by atoms with E-state index in [1.807, 2.05) is 0 Å². The van der Waals surface area contributed by atoms with E-state index in [1.54, 1.807) is 19.1 Å². The number of benzene rings is 1. The number of carbonyl (C=O) groups is 2. The SMILES string of the molecule is CC(CS(=O)(=O)c1ccc2c(c1)NC(=O)CS2)C(=O)NC1CCCCCC1. The number of rotatable bonds is 5. The van der Waals surface area contributed by atoms with Crippen LogP contribution < -0.4 is 10.6 Å². The van der Waals surface area contributed by atoms with E-state index >= 15 is 0 Å². The molecule has 1 unspecified atom stereocenters. The Bertz CT molecular complexity index is 815. The van der Waals surface area contributed by atoms with Gasteiger partial charge >= 0.3 is 0 Å². The molecule has 6 nitrogen and oxygen atoms in total. The molecule has 0 spiro atoms. The molecule has 1 aliphatic heterocycles. The first kappa shape index (κ1) is 20.2. The summed E-state index contributed by atoms with van der Waals surface area (Å²) in [5, 5.41) is 5.73. The normalized spacial score (nSPS) is 19.5. The molecule has 8 heteroatoms. The number of sulfone groups is 1. The molecule has 1 fully saturated rings. The average molecular weight is 411 g/mol. The van der Waals surface area contributed by atoms with Crippen LogP contribution in [0.1, 0.15) is 45.4 Å². The summed E-state index contributed by atoms with van der Waals surface area (Å²) in [6, 6.07) is 4.91. The van der Waals surface area contributed by atoms with E-state index in [-0.39, 0.29) is 28.5 Å². The molecule has 1 aromatic carbocycles. The topological polar surface area (TPSA) is 92.3 Å². The summed E-state index contributed by atoms with van der Waals surface area (Å²) in [5.41, 5.74) is 0.521. The van der Waals surface area contributed by atoms with E-state index in [4.69, 9.17) is 0 Å². The second-order valence-corrected chi connectivity index (χ2v) is 10.4. The van der Waals surface area contributed by atoms with Crippen molar-refractivity contribution in [1.82, 2.24) is 5.32 Å². The number of fused-ring (bicyclic) bond motifs is 1. The first-order chi connectivity index (χ1) is 12.8. The van der Waals surface area contributed by atoms with Crippen LogP contribution >= 0.6 is 11.8 Å². The number of hydrogen-bond donors (Lipinski definition) is 2. The van der Waals surface area contributed by atoms with Crippen molar-refractivity contribution in [3.8, 4) is 0 Å². The highest BCUT2D eigenvalue weighted by Gasteiger charge is 2.26. The van der Waals surface area contributed by atoms with Gasteiger partial charge in [-0.3, -0.25) is 9.59 Å². The van der Waals surface area contributed by atoms with Gasteiger partial charge in [0.15, 0.2) is 9.84 Å². The smallest absolute Gasteiger partial charge is 0.234 e. The fourth-order valence-electron chi connectivity index (χ4n) is 3.52. The number of hydrogen-bond acceptors (Lipinski definition) is 5. The third-order valence-corrected chi connectivity index (χ3v) is 8.05. The van der Waals surface area contributed by atoms with E-state index < -0.39 is 15.8 Å². The van der Waals surface area contributed by atoms with Gasteiger partial charge in [-0.05, 0) is 31.0 Å². The number of nitrogens with one attached hydrogen (secondary N) is 2. The molecular weight excluding hydrogens is 384 g/mol. The third-order valence-electron chi connectivity index (χ3n) is 5.06. The highest BCUT2D eigenvalue weighted by molar-refractivity contribution is 8.00. The Balaban J connectivity index is 1.65. The van der Waals surface area contributed by atoms with Gasteiger partial charge in [0, 0.05) is 16.9 Å². The zero-order chi connectivity index (χ0) is 19.4. The summed E-state index contributed by atoms with van der Waals surface area (Å²) in [6.07, 6.45) is 6.54. The minimum atomic E-state index is -3.62. The molecule has 1 aliphatic carbocycles. The molecular formula is C19H26N2O4S2. The molecule has 148 valence electrons. The van der Waals surface area contributed by atoms with Crippen LogP contribution in [0.25, 0.3) is 0 Å². The predicted octanol–water partition coefficient (Wildman–Crippen LogP) is 2.98. The Morgan fingerprint density at radius 2 is 1.96 bits per heavy atom. The Morgan fingerprint density at radius 1 is 1.26 bits per heavy atom. The van der Waals surface area contributed by atoms with Gasteiger partial charge in [0.05, 0.1) is 22.1 Å². The van der Waals surface area contributed by atoms with Crippen LogP contribution in [0.2, 0.25) is 0 Å². The Hall–Kier alpha value is -1.54. The summed E-state index contributed by atoms with van der Waals surface area (Å²) < 4.78 is 25.5. The molecule has 27 heavy (non-hydrogen) atoms. The lowest BCUT2D eigenvalue weighted by atomic mass is 10.1. The van der Waals surface area contributed by atoms with Crippen molar-refractivity contribution in [2.75, 3.05) is 16.8 Å². The van der Waals surface area contributed by atoms with Crippen molar-refractivity contribution in [1.29, 1.82) is 0 Å². The highest BCUT2D eigenvalue weighted by atomic mass is 32.2. The van der Waals surface area contributed by atoms with Crippen LogP contribution in [0.5, 0.6) is 0 Å². The summed E-state index contributed by atoms with van der Waals surface area (Å²) in [5.74, 6) is -0.883. The van der Waals surface area contributed by atoms with Crippen LogP contribution in [-0.4, -0.2) is 37.8 Å². The molecule has 1 heterocycles. The van der Waals surface area contributed by atoms with Gasteiger partial charge in [0.2, 0.25) is 11.8 Å². The summed E-state index contributed by atoms with van der Waals surface area (Å²) in [6.45, 7) is 1.65. The molecule has 3 rings (SSSR count). The highest BCUT2D eigenvalue weighted by Crippen LogP contribution is 2.33. The summed E-state index contributed by atoms with van der Waals surface area (Å²) >= 11 is 1.39. The second-order valence-electron chi connectivity index (χ2n) is 7.37. The van der Waals surface area contributed by atoms with Gasteiger partial charge in [-0.2, -0.15) is 0 Å². The molecule has 1 atom stereocenters. The maximum Gasteiger partial charge on any atom is 0.234 e. The monoisotopic (exact) mass is 410 g/mol. The minimum Gasteiger partial charge on any atom is -0.353 e. The number of anilines is 1. The standard InChI is InChI=1S/C19H26N2O4S2/c1-13(19(23)20-14-6-4-2-3-5-7-14)12-27(24,25)15-8-9-17-16(10-15)21-18(22)11-26-17/h8-10,13-14H,2-7,11-12H2,1H3,(H,20,23)(H,21,22). The Kier molecular flexibility index (Phi) is 6.47. The number of thioether (sulfide) groups is 1. The van der Waals surface area contributed by atoms with Crippen LogP contribution in [0.3, 0.4) is 0 Å². The van der Waals surface area contributed by atoms with Crippen molar-refractivity contribution in [2.24, 2.45) is 5.92 Å². The van der Waals surface area contributed by atoms with Crippen molar-refractivity contribution >= 4 is 39.1 Å². The lowest BCUT2D eigenvalue weighted by molar-refractivity contribution is -0.124. The lowest BCUT2D eigenvalue weighted by Gasteiger charge is -2.20. The third kappa shape index (κ3) is 5.25. The van der Waals surface area contributed by atoms with E-state index in [1.165, 1.54) is 30.7 Å². The molecule has 2 N–H and O–H groups in total. The zero-order valence-corrected chi connectivity index (χ0v) is 17.1. The summed E-state index contributed by atoms with van der Waals surface area (Å²) in [7, 11) is -3.62. The van der Waals surface area contributed by atoms with E-state index in [9.17, 15) is 18.0 Å². The van der Waals surface area contributed by atoms with Crippen molar-refractivity contribution in [3.05, 3.63) is 18.2 Å². The molecule has 0 aromatic heterocycles. The fraction of sp³-hybridized carbons (Fsp3) is 0.579. The minimum absolute atomic E-state index is 0.137. The first-order valence-electron chi connectivity index (χ1n) is 9.45. The molecule has 0 saturated heterocycles. The van der Waals surface area contributed by atoms with Crippen LogP contribution in [0.15, 0.2) is 28.0 Å². The Labute approximate surface area is 164 Å². The van der Waals surface area contributed by atoms with Gasteiger partial charge < -0.3 is 10.6 Å². The quantitative estimate of drug-likeness (QED) is 0.728. The van der Waals surface area contributed by atoms with Crippen molar-refractivity contribution in [2.45, 2.75) is 61.3 Å². The van der Waals surface area contributed by atoms with Crippen LogP contribution in [0.4, 0.5) is 5.69 Å². The van der Waals surface area contributed by atoms with Gasteiger partial charge in [0.25, 0.3) is 0 Å². The molecule has 2 aliphatic rings. The first-order valence-corrected chi connectivity index (χ1v) is 12.1. The Morgan fingerprint density at radius 3 is 2.67 bits per heavy atom. The number of amides is 2. The van der Waals surface area contributed by atoms with E-state index in [0.29, 0.717) is 11.4 Å². The van der Waals surface area contributed by atoms with Gasteiger partial charge in [-0.15, -0.1) is 11.8 Å². The maximum absolute atomic E-state index is 12.8. The maximum atomic E-state index is 12.8. The van der Waals surface area contributed by atoms with Crippen molar-refractivity contribution < 1.29 is 18.0 Å². The van der Waals surface area contributed by atoms with E-state index in [2.05, 4.69) is 10.6 Å². The van der Waals surface area contributed by atoms with Gasteiger partial charge in [-0.1, -0.05) is 32.6 Å². The van der Waals surface area contributed by atoms with Crippen molar-refractivity contribution in [3.63, 3.8) is 0 Å². The fourth-order valence-corrected chi connectivity index (χ4v) is 5.89. The molecule has 2 amide bonds. The van der Waals surface area contributed by atoms with Crippen LogP contribution in [-0.2, 0) is 19.4 Å². The second kappa shape index (κ2) is 8.65. The molecule has 0 bridgehead atoms. The molecule has 1 saturated carbocycles. The van der Waals surface area contributed by atoms with Gasteiger partial charge in [-0.25, -0.2) is 8.42 Å². The average Bonchev–Trinajstić information content (AvgIpc) is 2.89. The predicted molar refractivity (Wildman–Crippen MR) is 107 cm³/mol. The summed E-state index contributed by atoms with van der Waals surface area (Å²) in [4.78, 5) is 25.0. The largest absolute Gasteiger partial charge is 0.353 e. The molecule has 1 aromatic rings.